The van der Waals surface area contributed by atoms with Crippen LogP contribution in [0.4, 0.5) is 5.82 Å². The van der Waals surface area contributed by atoms with Gasteiger partial charge in [-0.15, -0.1) is 0 Å². The zero-order valence-corrected chi connectivity index (χ0v) is 19.1. The van der Waals surface area contributed by atoms with Crippen LogP contribution in [-0.2, 0) is 9.73 Å². The quantitative estimate of drug-likeness (QED) is 0.312. The summed E-state index contributed by atoms with van der Waals surface area (Å²) in [4.78, 5) is 23.2. The fraction of sp³-hybridized carbons (Fsp3) is 0.158. The molecule has 0 aliphatic carbocycles. The summed E-state index contributed by atoms with van der Waals surface area (Å²) in [5.74, 6) is 0.156. The fourth-order valence-corrected chi connectivity index (χ4v) is 4.29. The predicted octanol–water partition coefficient (Wildman–Crippen LogP) is 4.42. The van der Waals surface area contributed by atoms with E-state index in [2.05, 4.69) is 30.5 Å². The molecule has 0 aliphatic rings. The molecule has 0 aliphatic heterocycles. The zero-order valence-electron chi connectivity index (χ0n) is 16.8. The van der Waals surface area contributed by atoms with E-state index in [0.29, 0.717) is 32.3 Å². The van der Waals surface area contributed by atoms with E-state index >= 15 is 0 Å². The summed E-state index contributed by atoms with van der Waals surface area (Å²) < 4.78 is 25.3. The topological polar surface area (TPSA) is 150 Å². The van der Waals surface area contributed by atoms with Crippen molar-refractivity contribution in [3.63, 3.8) is 0 Å². The molecule has 0 radical (unpaired) electrons. The van der Waals surface area contributed by atoms with Gasteiger partial charge in [-0.25, -0.2) is 14.0 Å². The van der Waals surface area contributed by atoms with E-state index in [1.54, 1.807) is 25.1 Å². The second-order valence-corrected chi connectivity index (χ2v) is 9.84. The van der Waals surface area contributed by atoms with Gasteiger partial charge in [-0.1, -0.05) is 23.2 Å². The molecule has 13 heteroatoms. The molecule has 1 aromatic carbocycles. The number of aromatic amines is 2. The number of anilines is 1. The van der Waals surface area contributed by atoms with Crippen molar-refractivity contribution >= 4 is 55.6 Å². The van der Waals surface area contributed by atoms with Gasteiger partial charge >= 0.3 is 0 Å². The Hall–Kier alpha value is -3.15. The van der Waals surface area contributed by atoms with Gasteiger partial charge in [-0.05, 0) is 25.1 Å². The SMILES string of the molecule is CC(Oc1ccc2[nH]nc(C(=O)Nc3cnc(S(C)(=N)=O)[nH]3)c2c1)c1c(Cl)cncc1Cl. The molecule has 3 heterocycles. The summed E-state index contributed by atoms with van der Waals surface area (Å²) >= 11 is 12.4. The lowest BCUT2D eigenvalue weighted by Gasteiger charge is -2.17. The van der Waals surface area contributed by atoms with Gasteiger partial charge in [0.1, 0.15) is 27.4 Å². The standard InChI is InChI=1S/C19H17Cl2N7O3S/c1-9(16-12(20)6-23-7-13(16)21)31-10-3-4-14-11(5-10)17(28-27-14)18(29)25-15-8-24-19(26-15)32(2,22)30/h3-9,22H,1-2H3,(H,24,26)(H,25,29)(H,27,28). The lowest BCUT2D eigenvalue weighted by atomic mass is 10.1. The number of halogens is 2. The number of H-pyrrole nitrogens is 2. The zero-order chi connectivity index (χ0) is 23.0. The normalized spacial score (nSPS) is 14.1. The van der Waals surface area contributed by atoms with Gasteiger partial charge in [-0.2, -0.15) is 5.10 Å². The molecule has 0 saturated heterocycles. The molecule has 0 spiro atoms. The first-order chi connectivity index (χ1) is 15.1. The number of rotatable bonds is 6. The molecule has 2 unspecified atom stereocenters. The maximum atomic E-state index is 12.8. The molecule has 0 bridgehead atoms. The number of aromatic nitrogens is 5. The molecule has 1 amide bonds. The molecule has 0 saturated carbocycles. The third-order valence-corrected chi connectivity index (χ3v) is 6.08. The highest BCUT2D eigenvalue weighted by Gasteiger charge is 2.19. The molecule has 10 nitrogen and oxygen atoms in total. The number of fused-ring (bicyclic) bond motifs is 1. The van der Waals surface area contributed by atoms with Crippen LogP contribution in [0.5, 0.6) is 5.75 Å². The van der Waals surface area contributed by atoms with E-state index in [4.69, 9.17) is 32.7 Å². The van der Waals surface area contributed by atoms with Crippen molar-refractivity contribution in [2.45, 2.75) is 18.2 Å². The van der Waals surface area contributed by atoms with E-state index in [0.717, 1.165) is 0 Å². The molecule has 166 valence electrons. The van der Waals surface area contributed by atoms with Crippen LogP contribution in [0.3, 0.4) is 0 Å². The van der Waals surface area contributed by atoms with Crippen LogP contribution in [0, 0.1) is 4.78 Å². The van der Waals surface area contributed by atoms with E-state index in [1.807, 2.05) is 0 Å². The van der Waals surface area contributed by atoms with Crippen molar-refractivity contribution in [2.75, 3.05) is 11.6 Å². The number of amides is 1. The van der Waals surface area contributed by atoms with Gasteiger partial charge in [0.25, 0.3) is 5.91 Å². The predicted molar refractivity (Wildman–Crippen MR) is 121 cm³/mol. The average Bonchev–Trinajstić information content (AvgIpc) is 3.34. The number of imidazole rings is 1. The number of carbonyl (C=O) groups excluding carboxylic acids is 1. The van der Waals surface area contributed by atoms with Gasteiger partial charge in [0, 0.05) is 29.6 Å². The molecule has 2 atom stereocenters. The molecule has 4 N–H and O–H groups in total. The van der Waals surface area contributed by atoms with E-state index in [9.17, 15) is 9.00 Å². The van der Waals surface area contributed by atoms with Crippen molar-refractivity contribution in [1.82, 2.24) is 25.1 Å². The largest absolute Gasteiger partial charge is 0.486 e. The second-order valence-electron chi connectivity index (χ2n) is 6.96. The Morgan fingerprint density at radius 2 is 1.97 bits per heavy atom. The minimum atomic E-state index is -3.03. The highest BCUT2D eigenvalue weighted by atomic mass is 35.5. The summed E-state index contributed by atoms with van der Waals surface area (Å²) in [7, 11) is -3.03. The van der Waals surface area contributed by atoms with Crippen LogP contribution in [0.2, 0.25) is 10.0 Å². The Labute approximate surface area is 192 Å². The lowest BCUT2D eigenvalue weighted by molar-refractivity contribution is 0.102. The van der Waals surface area contributed by atoms with Gasteiger partial charge in [0.15, 0.2) is 5.69 Å². The van der Waals surface area contributed by atoms with Crippen LogP contribution in [0.25, 0.3) is 10.9 Å². The number of nitrogens with zero attached hydrogens (tertiary/aromatic N) is 3. The summed E-state index contributed by atoms with van der Waals surface area (Å²) in [6.07, 6.45) is 5.02. The van der Waals surface area contributed by atoms with Crippen LogP contribution >= 0.6 is 23.2 Å². The molecule has 4 rings (SSSR count). The van der Waals surface area contributed by atoms with Crippen molar-refractivity contribution in [3.05, 3.63) is 58.1 Å². The number of nitrogens with one attached hydrogen (secondary N) is 4. The molecule has 4 aromatic rings. The summed E-state index contributed by atoms with van der Waals surface area (Å²) in [5, 5.41) is 10.7. The number of carbonyl (C=O) groups is 1. The first kappa shape index (κ1) is 22.1. The highest BCUT2D eigenvalue weighted by Crippen LogP contribution is 2.33. The van der Waals surface area contributed by atoms with Gasteiger partial charge in [0.05, 0.1) is 21.8 Å². The number of hydrogen-bond donors (Lipinski definition) is 4. The first-order valence-electron chi connectivity index (χ1n) is 9.17. The van der Waals surface area contributed by atoms with Crippen LogP contribution < -0.4 is 10.1 Å². The van der Waals surface area contributed by atoms with Gasteiger partial charge in [-0.3, -0.25) is 14.9 Å². The van der Waals surface area contributed by atoms with Crippen molar-refractivity contribution in [2.24, 2.45) is 0 Å². The minimum Gasteiger partial charge on any atom is -0.486 e. The molecule has 0 fully saturated rings. The van der Waals surface area contributed by atoms with E-state index in [1.165, 1.54) is 24.8 Å². The third kappa shape index (κ3) is 4.40. The van der Waals surface area contributed by atoms with Gasteiger partial charge < -0.3 is 15.0 Å². The number of benzene rings is 1. The van der Waals surface area contributed by atoms with Crippen molar-refractivity contribution in [3.8, 4) is 5.75 Å². The minimum absolute atomic E-state index is 0.0298. The van der Waals surface area contributed by atoms with E-state index < -0.39 is 21.7 Å². The number of hydrogen-bond acceptors (Lipinski definition) is 7. The van der Waals surface area contributed by atoms with Crippen molar-refractivity contribution < 1.29 is 13.7 Å². The number of ether oxygens (including phenoxy) is 1. The summed E-state index contributed by atoms with van der Waals surface area (Å²) in [6.45, 7) is 1.80. The van der Waals surface area contributed by atoms with Gasteiger partial charge in [0.2, 0.25) is 5.16 Å². The fourth-order valence-electron chi connectivity index (χ4n) is 3.06. The summed E-state index contributed by atoms with van der Waals surface area (Å²) in [6, 6.07) is 5.14. The Morgan fingerprint density at radius 1 is 1.25 bits per heavy atom. The maximum absolute atomic E-state index is 12.8. The lowest BCUT2D eigenvalue weighted by Crippen LogP contribution is -2.13. The Morgan fingerprint density at radius 3 is 2.62 bits per heavy atom. The number of pyridine rings is 1. The summed E-state index contributed by atoms with van der Waals surface area (Å²) in [5.41, 5.74) is 1.35. The Kier molecular flexibility index (Phi) is 5.80. The highest BCUT2D eigenvalue weighted by molar-refractivity contribution is 7.91. The monoisotopic (exact) mass is 493 g/mol. The van der Waals surface area contributed by atoms with Crippen LogP contribution in [0.15, 0.2) is 41.9 Å². The Balaban J connectivity index is 1.58. The van der Waals surface area contributed by atoms with Crippen LogP contribution in [0.1, 0.15) is 29.1 Å². The second kappa shape index (κ2) is 8.41. The van der Waals surface area contributed by atoms with Crippen LogP contribution in [-0.4, -0.2) is 41.5 Å². The van der Waals surface area contributed by atoms with Crippen molar-refractivity contribution in [1.29, 1.82) is 4.78 Å². The van der Waals surface area contributed by atoms with E-state index in [-0.39, 0.29) is 16.7 Å². The molecule has 32 heavy (non-hydrogen) atoms. The molecular formula is C19H17Cl2N7O3S. The smallest absolute Gasteiger partial charge is 0.277 e. The first-order valence-corrected chi connectivity index (χ1v) is 11.9. The third-order valence-electron chi connectivity index (χ3n) is 4.53. The Bertz CT molecular complexity index is 1410. The molecular weight excluding hydrogens is 477 g/mol. The average molecular weight is 494 g/mol. The maximum Gasteiger partial charge on any atom is 0.277 e. The molecule has 3 aromatic heterocycles.